The second-order valence-electron chi connectivity index (χ2n) is 4.10. The van der Waals surface area contributed by atoms with Gasteiger partial charge in [0.05, 0.1) is 17.6 Å². The van der Waals surface area contributed by atoms with Gasteiger partial charge in [0.2, 0.25) is 5.88 Å². The van der Waals surface area contributed by atoms with Crippen LogP contribution in [0.3, 0.4) is 0 Å². The number of aliphatic hydroxyl groups is 1. The van der Waals surface area contributed by atoms with Crippen molar-refractivity contribution in [2.75, 3.05) is 6.61 Å². The van der Waals surface area contributed by atoms with Gasteiger partial charge in [0.1, 0.15) is 5.75 Å². The molecule has 2 aromatic rings. The highest BCUT2D eigenvalue weighted by molar-refractivity contribution is 5.30. The van der Waals surface area contributed by atoms with Gasteiger partial charge in [-0.15, -0.1) is 0 Å². The molecule has 1 aromatic carbocycles. The Kier molecular flexibility index (Phi) is 3.89. The molecule has 0 aliphatic heterocycles. The molecule has 0 saturated carbocycles. The molecule has 1 aromatic heterocycles. The number of aliphatic hydroxyl groups excluding tert-OH is 1. The van der Waals surface area contributed by atoms with Crippen molar-refractivity contribution in [1.29, 1.82) is 0 Å². The fourth-order valence-electron chi connectivity index (χ4n) is 1.54. The molecule has 0 amide bonds. The van der Waals surface area contributed by atoms with Crippen LogP contribution in [0.25, 0.3) is 0 Å². The van der Waals surface area contributed by atoms with Crippen LogP contribution >= 0.6 is 0 Å². The van der Waals surface area contributed by atoms with Gasteiger partial charge in [-0.25, -0.2) is 4.98 Å². The first kappa shape index (κ1) is 12.5. The van der Waals surface area contributed by atoms with Gasteiger partial charge in [-0.3, -0.25) is 4.98 Å². The van der Waals surface area contributed by atoms with Crippen LogP contribution in [0, 0.1) is 13.8 Å². The lowest BCUT2D eigenvalue weighted by Gasteiger charge is -2.06. The lowest BCUT2D eigenvalue weighted by molar-refractivity contribution is 0.299. The van der Waals surface area contributed by atoms with E-state index in [-0.39, 0.29) is 6.61 Å². The van der Waals surface area contributed by atoms with Gasteiger partial charge in [-0.2, -0.15) is 0 Å². The quantitative estimate of drug-likeness (QED) is 0.897. The number of rotatable bonds is 4. The molecule has 0 aliphatic carbocycles. The maximum absolute atomic E-state index is 8.83. The Labute approximate surface area is 106 Å². The van der Waals surface area contributed by atoms with Crippen molar-refractivity contribution in [3.05, 3.63) is 47.4 Å². The number of aromatic nitrogens is 2. The minimum absolute atomic E-state index is 0.156. The summed E-state index contributed by atoms with van der Waals surface area (Å²) in [6.45, 7) is 3.97. The average molecular weight is 244 g/mol. The summed E-state index contributed by atoms with van der Waals surface area (Å²) < 4.78 is 5.61. The summed E-state index contributed by atoms with van der Waals surface area (Å²) in [6, 6.07) is 7.59. The van der Waals surface area contributed by atoms with E-state index in [2.05, 4.69) is 9.97 Å². The smallest absolute Gasteiger partial charge is 0.238 e. The van der Waals surface area contributed by atoms with Gasteiger partial charge in [0.15, 0.2) is 0 Å². The van der Waals surface area contributed by atoms with Crippen LogP contribution in [0.4, 0.5) is 0 Å². The van der Waals surface area contributed by atoms with E-state index in [1.165, 1.54) is 0 Å². The van der Waals surface area contributed by atoms with E-state index in [1.807, 2.05) is 38.1 Å². The van der Waals surface area contributed by atoms with Crippen LogP contribution in [0.1, 0.15) is 17.0 Å². The van der Waals surface area contributed by atoms with E-state index in [1.54, 1.807) is 6.20 Å². The highest BCUT2D eigenvalue weighted by Gasteiger charge is 2.02. The molecule has 0 radical (unpaired) electrons. The molecule has 4 heteroatoms. The molecule has 2 rings (SSSR count). The van der Waals surface area contributed by atoms with Gasteiger partial charge in [-0.1, -0.05) is 12.1 Å². The number of ether oxygens (including phenoxy) is 1. The zero-order chi connectivity index (χ0) is 13.0. The zero-order valence-electron chi connectivity index (χ0n) is 10.6. The second kappa shape index (κ2) is 5.60. The summed E-state index contributed by atoms with van der Waals surface area (Å²) >= 11 is 0. The first-order valence-electron chi connectivity index (χ1n) is 5.87. The third-order valence-corrected chi connectivity index (χ3v) is 2.72. The summed E-state index contributed by atoms with van der Waals surface area (Å²) in [6.07, 6.45) is 2.27. The molecule has 0 spiro atoms. The van der Waals surface area contributed by atoms with E-state index in [4.69, 9.17) is 9.84 Å². The molecular formula is C14H16N2O2. The minimum Gasteiger partial charge on any atom is -0.437 e. The summed E-state index contributed by atoms with van der Waals surface area (Å²) in [5, 5.41) is 8.83. The lowest BCUT2D eigenvalue weighted by Crippen LogP contribution is -1.95. The number of nitrogens with zero attached hydrogens (tertiary/aromatic N) is 2. The largest absolute Gasteiger partial charge is 0.437 e. The third kappa shape index (κ3) is 3.05. The molecule has 0 bridgehead atoms. The standard InChI is InChI=1S/C14H16N2O2/c1-10-11(2)16-14(9-15-10)18-13-5-3-12(4-6-13)7-8-17/h3-6,9,17H,7-8H2,1-2H3. The van der Waals surface area contributed by atoms with Gasteiger partial charge in [0.25, 0.3) is 0 Å². The first-order chi connectivity index (χ1) is 8.69. The van der Waals surface area contributed by atoms with Gasteiger partial charge < -0.3 is 9.84 Å². The minimum atomic E-state index is 0.156. The normalized spacial score (nSPS) is 10.4. The molecular weight excluding hydrogens is 228 g/mol. The molecule has 0 fully saturated rings. The monoisotopic (exact) mass is 244 g/mol. The number of benzene rings is 1. The predicted octanol–water partition coefficient (Wildman–Crippen LogP) is 2.42. The Hall–Kier alpha value is -1.94. The fraction of sp³-hybridized carbons (Fsp3) is 0.286. The number of hydrogen-bond acceptors (Lipinski definition) is 4. The molecule has 4 nitrogen and oxygen atoms in total. The summed E-state index contributed by atoms with van der Waals surface area (Å²) in [4.78, 5) is 8.50. The molecule has 0 saturated heterocycles. The van der Waals surface area contributed by atoms with Crippen molar-refractivity contribution in [2.24, 2.45) is 0 Å². The van der Waals surface area contributed by atoms with Crippen molar-refractivity contribution >= 4 is 0 Å². The fourth-order valence-corrected chi connectivity index (χ4v) is 1.54. The van der Waals surface area contributed by atoms with Crippen LogP contribution < -0.4 is 4.74 Å². The van der Waals surface area contributed by atoms with E-state index in [0.29, 0.717) is 18.1 Å². The first-order valence-corrected chi connectivity index (χ1v) is 5.87. The number of aryl methyl sites for hydroxylation is 2. The SMILES string of the molecule is Cc1ncc(Oc2ccc(CCO)cc2)nc1C. The molecule has 94 valence electrons. The van der Waals surface area contributed by atoms with Gasteiger partial charge >= 0.3 is 0 Å². The van der Waals surface area contributed by atoms with Crippen LogP contribution in [0.2, 0.25) is 0 Å². The molecule has 18 heavy (non-hydrogen) atoms. The van der Waals surface area contributed by atoms with Crippen LogP contribution in [-0.2, 0) is 6.42 Å². The molecule has 0 unspecified atom stereocenters. The van der Waals surface area contributed by atoms with Gasteiger partial charge in [0, 0.05) is 6.61 Å². The maximum Gasteiger partial charge on any atom is 0.238 e. The summed E-state index contributed by atoms with van der Waals surface area (Å²) in [7, 11) is 0. The van der Waals surface area contributed by atoms with Crippen molar-refractivity contribution in [1.82, 2.24) is 9.97 Å². The molecule has 0 aliphatic rings. The van der Waals surface area contributed by atoms with Crippen LogP contribution in [0.15, 0.2) is 30.5 Å². The van der Waals surface area contributed by atoms with Crippen molar-refractivity contribution in [3.63, 3.8) is 0 Å². The second-order valence-corrected chi connectivity index (χ2v) is 4.10. The molecule has 0 atom stereocenters. The zero-order valence-corrected chi connectivity index (χ0v) is 10.6. The Morgan fingerprint density at radius 2 is 1.83 bits per heavy atom. The van der Waals surface area contributed by atoms with Crippen molar-refractivity contribution in [3.8, 4) is 11.6 Å². The van der Waals surface area contributed by atoms with Crippen LogP contribution in [0.5, 0.6) is 11.6 Å². The Morgan fingerprint density at radius 3 is 2.44 bits per heavy atom. The summed E-state index contributed by atoms with van der Waals surface area (Å²) in [5.41, 5.74) is 2.85. The van der Waals surface area contributed by atoms with Crippen molar-refractivity contribution < 1.29 is 9.84 Å². The Bertz CT molecular complexity index is 524. The van der Waals surface area contributed by atoms with E-state index < -0.39 is 0 Å². The highest BCUT2D eigenvalue weighted by Crippen LogP contribution is 2.20. The van der Waals surface area contributed by atoms with E-state index in [0.717, 1.165) is 17.0 Å². The van der Waals surface area contributed by atoms with Gasteiger partial charge in [-0.05, 0) is 38.0 Å². The van der Waals surface area contributed by atoms with Crippen LogP contribution in [-0.4, -0.2) is 21.7 Å². The highest BCUT2D eigenvalue weighted by atomic mass is 16.5. The Balaban J connectivity index is 2.10. The number of hydrogen-bond donors (Lipinski definition) is 1. The summed E-state index contributed by atoms with van der Waals surface area (Å²) in [5.74, 6) is 1.21. The van der Waals surface area contributed by atoms with E-state index >= 15 is 0 Å². The lowest BCUT2D eigenvalue weighted by atomic mass is 10.1. The third-order valence-electron chi connectivity index (χ3n) is 2.72. The Morgan fingerprint density at radius 1 is 1.11 bits per heavy atom. The maximum atomic E-state index is 8.83. The average Bonchev–Trinajstić information content (AvgIpc) is 2.37. The van der Waals surface area contributed by atoms with Crippen molar-refractivity contribution in [2.45, 2.75) is 20.3 Å². The van der Waals surface area contributed by atoms with E-state index in [9.17, 15) is 0 Å². The molecule has 1 heterocycles. The molecule has 1 N–H and O–H groups in total. The topological polar surface area (TPSA) is 55.2 Å². The predicted molar refractivity (Wildman–Crippen MR) is 68.8 cm³/mol.